The van der Waals surface area contributed by atoms with Gasteiger partial charge in [-0.2, -0.15) is 0 Å². The van der Waals surface area contributed by atoms with Crippen LogP contribution in [-0.2, 0) is 14.8 Å². The molecule has 9 heteroatoms. The summed E-state index contributed by atoms with van der Waals surface area (Å²) in [7, 11) is -3.78. The van der Waals surface area contributed by atoms with Gasteiger partial charge in [-0.3, -0.25) is 4.90 Å². The quantitative estimate of drug-likeness (QED) is 0.743. The number of halogens is 1. The fraction of sp³-hybridized carbons (Fsp3) is 0.667. The summed E-state index contributed by atoms with van der Waals surface area (Å²) in [6.07, 6.45) is 4.25. The van der Waals surface area contributed by atoms with E-state index in [9.17, 15) is 8.42 Å². The normalized spacial score (nSPS) is 26.2. The molecule has 134 valence electrons. The molecular formula is C15H22BrN3O4S. The third kappa shape index (κ3) is 4.45. The highest BCUT2D eigenvalue weighted by molar-refractivity contribution is 9.10. The van der Waals surface area contributed by atoms with Gasteiger partial charge in [-0.15, -0.1) is 0 Å². The Kier molecular flexibility index (Phi) is 5.76. The Morgan fingerprint density at radius 1 is 1.21 bits per heavy atom. The van der Waals surface area contributed by atoms with E-state index in [1.54, 1.807) is 6.07 Å². The fourth-order valence-corrected chi connectivity index (χ4v) is 4.85. The number of hydrogen-bond acceptors (Lipinski definition) is 6. The van der Waals surface area contributed by atoms with Crippen molar-refractivity contribution in [1.29, 1.82) is 0 Å². The number of sulfonamides is 1. The van der Waals surface area contributed by atoms with Crippen molar-refractivity contribution >= 4 is 26.0 Å². The zero-order chi connectivity index (χ0) is 17.2. The van der Waals surface area contributed by atoms with Crippen molar-refractivity contribution < 1.29 is 17.9 Å². The van der Waals surface area contributed by atoms with E-state index in [0.29, 0.717) is 11.9 Å². The molecule has 1 saturated heterocycles. The third-order valence-corrected chi connectivity index (χ3v) is 6.40. The molecule has 0 spiro atoms. The highest BCUT2D eigenvalue weighted by Crippen LogP contribution is 2.28. The van der Waals surface area contributed by atoms with Crippen LogP contribution >= 0.6 is 15.9 Å². The molecule has 2 aliphatic rings. The molecule has 0 unspecified atom stereocenters. The van der Waals surface area contributed by atoms with E-state index < -0.39 is 10.0 Å². The number of pyridine rings is 1. The van der Waals surface area contributed by atoms with Gasteiger partial charge in [-0.1, -0.05) is 0 Å². The van der Waals surface area contributed by atoms with Crippen LogP contribution in [0.3, 0.4) is 0 Å². The van der Waals surface area contributed by atoms with Gasteiger partial charge < -0.3 is 9.47 Å². The molecule has 24 heavy (non-hydrogen) atoms. The van der Waals surface area contributed by atoms with Crippen LogP contribution in [0.5, 0.6) is 5.88 Å². The minimum Gasteiger partial charge on any atom is -0.474 e. The monoisotopic (exact) mass is 419 g/mol. The van der Waals surface area contributed by atoms with Crippen LogP contribution in [-0.4, -0.2) is 56.8 Å². The largest absolute Gasteiger partial charge is 0.474 e. The van der Waals surface area contributed by atoms with Gasteiger partial charge in [0.1, 0.15) is 15.6 Å². The van der Waals surface area contributed by atoms with E-state index in [1.165, 1.54) is 6.07 Å². The molecule has 3 rings (SSSR count). The van der Waals surface area contributed by atoms with E-state index in [-0.39, 0.29) is 15.6 Å². The maximum absolute atomic E-state index is 11.4. The predicted molar refractivity (Wildman–Crippen MR) is 92.4 cm³/mol. The molecule has 0 aromatic carbocycles. The van der Waals surface area contributed by atoms with Gasteiger partial charge in [-0.25, -0.2) is 18.5 Å². The zero-order valence-corrected chi connectivity index (χ0v) is 15.8. The van der Waals surface area contributed by atoms with E-state index in [4.69, 9.17) is 14.6 Å². The summed E-state index contributed by atoms with van der Waals surface area (Å²) in [5, 5.41) is 5.13. The molecule has 2 heterocycles. The Morgan fingerprint density at radius 2 is 1.88 bits per heavy atom. The van der Waals surface area contributed by atoms with Crippen molar-refractivity contribution in [1.82, 2.24) is 9.88 Å². The molecule has 1 aromatic rings. The maximum atomic E-state index is 11.4. The second-order valence-corrected chi connectivity index (χ2v) is 8.46. The van der Waals surface area contributed by atoms with Gasteiger partial charge in [0, 0.05) is 25.2 Å². The first-order valence-electron chi connectivity index (χ1n) is 8.11. The fourth-order valence-electron chi connectivity index (χ4n) is 3.32. The number of rotatable bonds is 4. The SMILES string of the molecule is NS(=O)(=O)c1ccc(OC2CCC(N3CCOCC3)CC2)nc1Br. The van der Waals surface area contributed by atoms with Crippen LogP contribution in [0.15, 0.2) is 21.6 Å². The molecule has 2 fully saturated rings. The van der Waals surface area contributed by atoms with Crippen LogP contribution < -0.4 is 9.88 Å². The number of ether oxygens (including phenoxy) is 2. The number of nitrogens with two attached hydrogens (primary N) is 1. The lowest BCUT2D eigenvalue weighted by Crippen LogP contribution is -2.46. The summed E-state index contributed by atoms with van der Waals surface area (Å²) >= 11 is 3.14. The Hall–Kier alpha value is -0.740. The van der Waals surface area contributed by atoms with E-state index in [2.05, 4.69) is 25.8 Å². The smallest absolute Gasteiger partial charge is 0.240 e. The minimum absolute atomic E-state index is 0.0362. The Bertz CT molecular complexity index is 671. The molecule has 0 radical (unpaired) electrons. The summed E-state index contributed by atoms with van der Waals surface area (Å²) in [4.78, 5) is 6.62. The average Bonchev–Trinajstić information content (AvgIpc) is 2.55. The predicted octanol–water partition coefficient (Wildman–Crippen LogP) is 1.51. The topological polar surface area (TPSA) is 94.8 Å². The van der Waals surface area contributed by atoms with Gasteiger partial charge in [0.2, 0.25) is 15.9 Å². The van der Waals surface area contributed by atoms with Crippen molar-refractivity contribution in [2.75, 3.05) is 26.3 Å². The van der Waals surface area contributed by atoms with Crippen molar-refractivity contribution in [3.63, 3.8) is 0 Å². The summed E-state index contributed by atoms with van der Waals surface area (Å²) in [5.41, 5.74) is 0. The summed E-state index contributed by atoms with van der Waals surface area (Å²) in [6.45, 7) is 3.68. The van der Waals surface area contributed by atoms with Crippen molar-refractivity contribution in [3.05, 3.63) is 16.7 Å². The molecule has 7 nitrogen and oxygen atoms in total. The first-order valence-corrected chi connectivity index (χ1v) is 10.5. The molecule has 1 saturated carbocycles. The molecular weight excluding hydrogens is 398 g/mol. The van der Waals surface area contributed by atoms with E-state index in [1.807, 2.05) is 0 Å². The van der Waals surface area contributed by atoms with Gasteiger partial charge in [0.05, 0.1) is 13.2 Å². The number of morpholine rings is 1. The molecule has 1 aromatic heterocycles. The Balaban J connectivity index is 1.55. The summed E-state index contributed by atoms with van der Waals surface area (Å²) < 4.78 is 34.3. The molecule has 2 N–H and O–H groups in total. The lowest BCUT2D eigenvalue weighted by Gasteiger charge is -2.38. The lowest BCUT2D eigenvalue weighted by atomic mass is 9.91. The molecule has 0 amide bonds. The number of aromatic nitrogens is 1. The van der Waals surface area contributed by atoms with Gasteiger partial charge in [-0.05, 0) is 47.7 Å². The van der Waals surface area contributed by atoms with Crippen molar-refractivity contribution in [3.8, 4) is 5.88 Å². The van der Waals surface area contributed by atoms with E-state index in [0.717, 1.165) is 52.0 Å². The third-order valence-electron chi connectivity index (χ3n) is 4.59. The molecule has 0 bridgehead atoms. The second-order valence-electron chi connectivity index (χ2n) is 6.18. The Labute approximate surface area is 150 Å². The van der Waals surface area contributed by atoms with Crippen LogP contribution in [0.1, 0.15) is 25.7 Å². The molecule has 1 aliphatic carbocycles. The van der Waals surface area contributed by atoms with Gasteiger partial charge >= 0.3 is 0 Å². The highest BCUT2D eigenvalue weighted by Gasteiger charge is 2.28. The number of hydrogen-bond donors (Lipinski definition) is 1. The summed E-state index contributed by atoms with van der Waals surface area (Å²) in [6, 6.07) is 3.58. The maximum Gasteiger partial charge on any atom is 0.240 e. The van der Waals surface area contributed by atoms with Crippen LogP contribution in [0.4, 0.5) is 0 Å². The number of nitrogens with zero attached hydrogens (tertiary/aromatic N) is 2. The van der Waals surface area contributed by atoms with E-state index >= 15 is 0 Å². The van der Waals surface area contributed by atoms with Gasteiger partial charge in [0.25, 0.3) is 0 Å². The first kappa shape index (κ1) is 18.1. The minimum atomic E-state index is -3.78. The second kappa shape index (κ2) is 7.65. The first-order chi connectivity index (χ1) is 11.4. The summed E-state index contributed by atoms with van der Waals surface area (Å²) in [5.74, 6) is 0.420. The van der Waals surface area contributed by atoms with Gasteiger partial charge in [0.15, 0.2) is 0 Å². The standard InChI is InChI=1S/C15H22BrN3O4S/c16-15-13(24(17,20)21)5-6-14(18-15)23-12-3-1-11(2-4-12)19-7-9-22-10-8-19/h5-6,11-12H,1-4,7-10H2,(H2,17,20,21). The molecule has 1 aliphatic heterocycles. The van der Waals surface area contributed by atoms with Crippen LogP contribution in [0.2, 0.25) is 0 Å². The van der Waals surface area contributed by atoms with Crippen LogP contribution in [0.25, 0.3) is 0 Å². The highest BCUT2D eigenvalue weighted by atomic mass is 79.9. The number of primary sulfonamides is 1. The zero-order valence-electron chi connectivity index (χ0n) is 13.4. The average molecular weight is 420 g/mol. The Morgan fingerprint density at radius 3 is 2.46 bits per heavy atom. The van der Waals surface area contributed by atoms with Crippen molar-refractivity contribution in [2.45, 2.75) is 42.7 Å². The van der Waals surface area contributed by atoms with Crippen LogP contribution in [0, 0.1) is 0 Å². The molecule has 0 atom stereocenters. The van der Waals surface area contributed by atoms with Crippen molar-refractivity contribution in [2.24, 2.45) is 5.14 Å². The lowest BCUT2D eigenvalue weighted by molar-refractivity contribution is -0.00140.